The minimum absolute atomic E-state index is 0.639. The third kappa shape index (κ3) is 6.53. The standard InChI is InChI=1S/C53H44N4O/c1-3-5-14-35-24-27-38(28-25-35)52-54-51(37-16-8-7-9-17-37)55-53(56-52)40-18-12-19-41(33-40)57-47-23-11-10-20-43(47)45-34-39(29-30-48(45)57)42-21-13-22-44-46-32-36(15-6-4-2)26-31-49(46)58-50(42)44/h7-13,16-34H,3-6,14-15H2,1-2H3. The average Bonchev–Trinajstić information content (AvgIpc) is 3.83. The molecule has 0 atom stereocenters. The highest BCUT2D eigenvalue weighted by Gasteiger charge is 2.18. The summed E-state index contributed by atoms with van der Waals surface area (Å²) in [6, 6.07) is 56.1. The number of unbranched alkanes of at least 4 members (excludes halogenated alkanes) is 2. The van der Waals surface area contributed by atoms with Crippen molar-refractivity contribution in [2.45, 2.75) is 52.4 Å². The van der Waals surface area contributed by atoms with Crippen LogP contribution in [0.2, 0.25) is 0 Å². The molecule has 0 saturated carbocycles. The van der Waals surface area contributed by atoms with Crippen molar-refractivity contribution < 1.29 is 4.42 Å². The zero-order valence-electron chi connectivity index (χ0n) is 33.0. The van der Waals surface area contributed by atoms with Crippen LogP contribution in [0, 0.1) is 0 Å². The van der Waals surface area contributed by atoms with Gasteiger partial charge in [0.05, 0.1) is 11.0 Å². The summed E-state index contributed by atoms with van der Waals surface area (Å²) in [5.74, 6) is 1.96. The molecule has 0 bridgehead atoms. The molecule has 0 N–H and O–H groups in total. The molecule has 5 heteroatoms. The lowest BCUT2D eigenvalue weighted by atomic mass is 9.99. The van der Waals surface area contributed by atoms with Gasteiger partial charge in [-0.3, -0.25) is 0 Å². The number of aromatic nitrogens is 4. The maximum Gasteiger partial charge on any atom is 0.164 e. The van der Waals surface area contributed by atoms with Gasteiger partial charge >= 0.3 is 0 Å². The normalized spacial score (nSPS) is 11.7. The van der Waals surface area contributed by atoms with E-state index in [9.17, 15) is 0 Å². The number of hydrogen-bond donors (Lipinski definition) is 0. The zero-order chi connectivity index (χ0) is 39.0. The van der Waals surface area contributed by atoms with Crippen LogP contribution in [0.5, 0.6) is 0 Å². The highest BCUT2D eigenvalue weighted by Crippen LogP contribution is 2.40. The predicted octanol–water partition coefficient (Wildman–Crippen LogP) is 14.2. The largest absolute Gasteiger partial charge is 0.455 e. The minimum Gasteiger partial charge on any atom is -0.455 e. The van der Waals surface area contributed by atoms with Crippen LogP contribution in [0.3, 0.4) is 0 Å². The first kappa shape index (κ1) is 35.6. The number of furan rings is 1. The summed E-state index contributed by atoms with van der Waals surface area (Å²) < 4.78 is 8.95. The third-order valence-corrected chi connectivity index (χ3v) is 11.4. The Labute approximate surface area is 338 Å². The van der Waals surface area contributed by atoms with Gasteiger partial charge in [-0.25, -0.2) is 15.0 Å². The Morgan fingerprint density at radius 2 is 1.07 bits per heavy atom. The molecule has 0 radical (unpaired) electrons. The van der Waals surface area contributed by atoms with Gasteiger partial charge in [0.1, 0.15) is 11.2 Å². The molecule has 0 amide bonds. The lowest BCUT2D eigenvalue weighted by Gasteiger charge is -2.12. The number of nitrogens with zero attached hydrogens (tertiary/aromatic N) is 4. The Balaban J connectivity index is 1.08. The van der Waals surface area contributed by atoms with Crippen molar-refractivity contribution in [1.29, 1.82) is 0 Å². The van der Waals surface area contributed by atoms with Crippen molar-refractivity contribution in [3.8, 4) is 51.0 Å². The number of hydrogen-bond acceptors (Lipinski definition) is 4. The molecule has 5 nitrogen and oxygen atoms in total. The molecule has 0 aliphatic carbocycles. The van der Waals surface area contributed by atoms with E-state index in [0.29, 0.717) is 17.5 Å². The number of fused-ring (bicyclic) bond motifs is 6. The lowest BCUT2D eigenvalue weighted by Crippen LogP contribution is -2.01. The van der Waals surface area contributed by atoms with Crippen molar-refractivity contribution in [3.63, 3.8) is 0 Å². The van der Waals surface area contributed by atoms with Gasteiger partial charge in [-0.1, -0.05) is 142 Å². The summed E-state index contributed by atoms with van der Waals surface area (Å²) in [6.45, 7) is 4.47. The van der Waals surface area contributed by atoms with E-state index in [2.05, 4.69) is 158 Å². The van der Waals surface area contributed by atoms with Gasteiger partial charge in [-0.2, -0.15) is 0 Å². The highest BCUT2D eigenvalue weighted by atomic mass is 16.3. The summed E-state index contributed by atoms with van der Waals surface area (Å²) in [5, 5.41) is 4.72. The van der Waals surface area contributed by atoms with E-state index < -0.39 is 0 Å². The number of rotatable bonds is 11. The second kappa shape index (κ2) is 15.2. The SMILES string of the molecule is CCCCc1ccc(-c2nc(-c3ccccc3)nc(-c3cccc(-n4c5ccccc5c5cc(-c6cccc7c6oc6ccc(CCCC)cc67)ccc54)c3)n2)cc1. The Morgan fingerprint density at radius 1 is 0.448 bits per heavy atom. The second-order valence-corrected chi connectivity index (χ2v) is 15.3. The summed E-state index contributed by atoms with van der Waals surface area (Å²) in [6.07, 6.45) is 6.88. The molecule has 10 rings (SSSR count). The van der Waals surface area contributed by atoms with Crippen molar-refractivity contribution in [1.82, 2.24) is 19.5 Å². The molecule has 0 saturated heterocycles. The number of benzene rings is 7. The number of para-hydroxylation sites is 2. The van der Waals surface area contributed by atoms with Crippen LogP contribution in [0.4, 0.5) is 0 Å². The number of aryl methyl sites for hydroxylation is 2. The molecule has 7 aromatic carbocycles. The van der Waals surface area contributed by atoms with Crippen LogP contribution in [-0.2, 0) is 12.8 Å². The second-order valence-electron chi connectivity index (χ2n) is 15.3. The van der Waals surface area contributed by atoms with Gasteiger partial charge in [0, 0.05) is 49.5 Å². The minimum atomic E-state index is 0.639. The average molecular weight is 753 g/mol. The zero-order valence-corrected chi connectivity index (χ0v) is 33.0. The molecule has 10 aromatic rings. The molecule has 58 heavy (non-hydrogen) atoms. The van der Waals surface area contributed by atoms with Gasteiger partial charge in [0.25, 0.3) is 0 Å². The molecule has 0 aliphatic heterocycles. The first-order valence-electron chi connectivity index (χ1n) is 20.6. The molecule has 0 unspecified atom stereocenters. The van der Waals surface area contributed by atoms with Crippen LogP contribution in [-0.4, -0.2) is 19.5 Å². The molecule has 3 aromatic heterocycles. The quantitative estimate of drug-likeness (QED) is 0.132. The molecular weight excluding hydrogens is 709 g/mol. The molecule has 0 fully saturated rings. The Morgan fingerprint density at radius 3 is 1.86 bits per heavy atom. The van der Waals surface area contributed by atoms with Crippen LogP contribution in [0.15, 0.2) is 162 Å². The highest BCUT2D eigenvalue weighted by molar-refractivity contribution is 6.13. The van der Waals surface area contributed by atoms with Crippen molar-refractivity contribution >= 4 is 43.7 Å². The molecule has 282 valence electrons. The summed E-state index contributed by atoms with van der Waals surface area (Å²) in [4.78, 5) is 15.2. The Hall–Kier alpha value is -6.85. The van der Waals surface area contributed by atoms with Crippen LogP contribution in [0.1, 0.15) is 50.7 Å². The van der Waals surface area contributed by atoms with Gasteiger partial charge in [0.15, 0.2) is 17.5 Å². The van der Waals surface area contributed by atoms with E-state index in [0.717, 1.165) is 73.9 Å². The fourth-order valence-electron chi connectivity index (χ4n) is 8.36. The van der Waals surface area contributed by atoms with Gasteiger partial charge in [-0.15, -0.1) is 0 Å². The first-order chi connectivity index (χ1) is 28.6. The van der Waals surface area contributed by atoms with E-state index >= 15 is 0 Å². The Bertz CT molecular complexity index is 3080. The fourth-order valence-corrected chi connectivity index (χ4v) is 8.36. The van der Waals surface area contributed by atoms with E-state index in [4.69, 9.17) is 19.4 Å². The maximum atomic E-state index is 6.60. The van der Waals surface area contributed by atoms with E-state index in [1.807, 2.05) is 18.2 Å². The van der Waals surface area contributed by atoms with Crippen LogP contribution in [0.25, 0.3) is 94.7 Å². The smallest absolute Gasteiger partial charge is 0.164 e. The van der Waals surface area contributed by atoms with Crippen molar-refractivity contribution in [3.05, 3.63) is 169 Å². The molecule has 0 spiro atoms. The lowest BCUT2D eigenvalue weighted by molar-refractivity contribution is 0.669. The van der Waals surface area contributed by atoms with E-state index in [1.54, 1.807) is 0 Å². The summed E-state index contributed by atoms with van der Waals surface area (Å²) in [7, 11) is 0. The van der Waals surface area contributed by atoms with Crippen LogP contribution >= 0.6 is 0 Å². The van der Waals surface area contributed by atoms with Gasteiger partial charge in [-0.05, 0) is 84.8 Å². The predicted molar refractivity (Wildman–Crippen MR) is 240 cm³/mol. The van der Waals surface area contributed by atoms with Gasteiger partial charge in [0.2, 0.25) is 0 Å². The maximum absolute atomic E-state index is 6.60. The van der Waals surface area contributed by atoms with E-state index in [1.165, 1.54) is 53.0 Å². The molecular formula is C53H44N4O. The van der Waals surface area contributed by atoms with Crippen LogP contribution < -0.4 is 0 Å². The topological polar surface area (TPSA) is 56.7 Å². The van der Waals surface area contributed by atoms with Crippen molar-refractivity contribution in [2.24, 2.45) is 0 Å². The third-order valence-electron chi connectivity index (χ3n) is 11.4. The summed E-state index contributed by atoms with van der Waals surface area (Å²) >= 11 is 0. The molecule has 0 aliphatic rings. The Kier molecular flexibility index (Phi) is 9.34. The van der Waals surface area contributed by atoms with Gasteiger partial charge < -0.3 is 8.98 Å². The molecule has 3 heterocycles. The summed E-state index contributed by atoms with van der Waals surface area (Å²) in [5.41, 5.74) is 12.9. The van der Waals surface area contributed by atoms with Crippen molar-refractivity contribution in [2.75, 3.05) is 0 Å². The monoisotopic (exact) mass is 752 g/mol. The fraction of sp³-hybridized carbons (Fsp3) is 0.151. The van der Waals surface area contributed by atoms with E-state index in [-0.39, 0.29) is 0 Å². The first-order valence-corrected chi connectivity index (χ1v) is 20.6.